The average Bonchev–Trinajstić information content (AvgIpc) is 2.46. The SMILES string of the molecule is COc1cc(COc2c(N)cccc2F)ccc1C#N. The number of nitrogens with two attached hydrogens (primary N) is 1. The van der Waals surface area contributed by atoms with Crippen molar-refractivity contribution in [3.63, 3.8) is 0 Å². The molecule has 4 nitrogen and oxygen atoms in total. The number of para-hydroxylation sites is 1. The van der Waals surface area contributed by atoms with Gasteiger partial charge < -0.3 is 15.2 Å². The van der Waals surface area contributed by atoms with Gasteiger partial charge in [0.05, 0.1) is 18.4 Å². The number of nitrogen functional groups attached to an aromatic ring is 1. The number of halogens is 1. The van der Waals surface area contributed by atoms with Crippen LogP contribution in [0.25, 0.3) is 0 Å². The summed E-state index contributed by atoms with van der Waals surface area (Å²) in [6.45, 7) is 0.132. The van der Waals surface area contributed by atoms with Gasteiger partial charge in [-0.05, 0) is 29.8 Å². The molecule has 0 aliphatic rings. The molecule has 0 spiro atoms. The van der Waals surface area contributed by atoms with Crippen molar-refractivity contribution >= 4 is 5.69 Å². The summed E-state index contributed by atoms with van der Waals surface area (Å²) in [7, 11) is 1.48. The highest BCUT2D eigenvalue weighted by molar-refractivity contribution is 5.53. The van der Waals surface area contributed by atoms with E-state index in [1.807, 2.05) is 6.07 Å². The van der Waals surface area contributed by atoms with Crippen molar-refractivity contribution in [2.24, 2.45) is 0 Å². The third-order valence-corrected chi connectivity index (χ3v) is 2.77. The molecule has 2 aromatic rings. The van der Waals surface area contributed by atoms with Gasteiger partial charge in [-0.1, -0.05) is 12.1 Å². The number of hydrogen-bond acceptors (Lipinski definition) is 4. The molecule has 0 unspecified atom stereocenters. The summed E-state index contributed by atoms with van der Waals surface area (Å²) >= 11 is 0. The van der Waals surface area contributed by atoms with Crippen LogP contribution in [0.1, 0.15) is 11.1 Å². The minimum atomic E-state index is -0.509. The molecule has 0 fully saturated rings. The number of hydrogen-bond donors (Lipinski definition) is 1. The first kappa shape index (κ1) is 13.7. The van der Waals surface area contributed by atoms with Crippen LogP contribution >= 0.6 is 0 Å². The average molecular weight is 272 g/mol. The number of rotatable bonds is 4. The van der Waals surface area contributed by atoms with Crippen LogP contribution in [0.2, 0.25) is 0 Å². The smallest absolute Gasteiger partial charge is 0.178 e. The fourth-order valence-electron chi connectivity index (χ4n) is 1.75. The molecule has 2 N–H and O–H groups in total. The van der Waals surface area contributed by atoms with Gasteiger partial charge in [0, 0.05) is 0 Å². The molecular formula is C15H13FN2O2. The largest absolute Gasteiger partial charge is 0.495 e. The first-order chi connectivity index (χ1) is 9.65. The molecular weight excluding hydrogens is 259 g/mol. The molecule has 0 aliphatic carbocycles. The van der Waals surface area contributed by atoms with E-state index in [-0.39, 0.29) is 18.0 Å². The Bertz CT molecular complexity index is 645. The Kier molecular flexibility index (Phi) is 4.06. The summed E-state index contributed by atoms with van der Waals surface area (Å²) in [5.41, 5.74) is 7.08. The maximum atomic E-state index is 13.5. The van der Waals surface area contributed by atoms with Crippen LogP contribution in [0.15, 0.2) is 36.4 Å². The lowest BCUT2D eigenvalue weighted by atomic mass is 10.1. The molecule has 102 valence electrons. The van der Waals surface area contributed by atoms with Crippen molar-refractivity contribution in [2.75, 3.05) is 12.8 Å². The van der Waals surface area contributed by atoms with E-state index in [1.54, 1.807) is 24.3 Å². The molecule has 0 bridgehead atoms. The standard InChI is InChI=1S/C15H13FN2O2/c1-19-14-7-10(5-6-11(14)8-17)9-20-15-12(16)3-2-4-13(15)18/h2-7H,9,18H2,1H3. The zero-order chi connectivity index (χ0) is 14.5. The van der Waals surface area contributed by atoms with Gasteiger partial charge >= 0.3 is 0 Å². The lowest BCUT2D eigenvalue weighted by molar-refractivity contribution is 0.291. The van der Waals surface area contributed by atoms with E-state index in [0.717, 1.165) is 5.56 Å². The van der Waals surface area contributed by atoms with Crippen molar-refractivity contribution in [1.29, 1.82) is 5.26 Å². The Morgan fingerprint density at radius 1 is 1.30 bits per heavy atom. The Labute approximate surface area is 116 Å². The maximum absolute atomic E-state index is 13.5. The van der Waals surface area contributed by atoms with Gasteiger partial charge in [0.1, 0.15) is 18.4 Å². The summed E-state index contributed by atoms with van der Waals surface area (Å²) in [6.07, 6.45) is 0. The zero-order valence-electron chi connectivity index (χ0n) is 10.9. The monoisotopic (exact) mass is 272 g/mol. The molecule has 0 amide bonds. The lowest BCUT2D eigenvalue weighted by Gasteiger charge is -2.11. The van der Waals surface area contributed by atoms with Gasteiger partial charge in [-0.2, -0.15) is 5.26 Å². The Morgan fingerprint density at radius 3 is 2.75 bits per heavy atom. The molecule has 5 heteroatoms. The minimum Gasteiger partial charge on any atom is -0.495 e. The predicted octanol–water partition coefficient (Wildman–Crippen LogP) is 2.87. The Balaban J connectivity index is 2.18. The van der Waals surface area contributed by atoms with Crippen LogP contribution in [0.4, 0.5) is 10.1 Å². The molecule has 20 heavy (non-hydrogen) atoms. The fraction of sp³-hybridized carbons (Fsp3) is 0.133. The second kappa shape index (κ2) is 5.93. The number of anilines is 1. The van der Waals surface area contributed by atoms with Gasteiger partial charge in [0.25, 0.3) is 0 Å². The molecule has 2 rings (SSSR count). The number of methoxy groups -OCH3 is 1. The van der Waals surface area contributed by atoms with Crippen LogP contribution < -0.4 is 15.2 Å². The number of benzene rings is 2. The first-order valence-corrected chi connectivity index (χ1v) is 5.89. The zero-order valence-corrected chi connectivity index (χ0v) is 10.9. The molecule has 0 atom stereocenters. The van der Waals surface area contributed by atoms with Gasteiger partial charge in [0.15, 0.2) is 11.6 Å². The molecule has 2 aromatic carbocycles. The fourth-order valence-corrected chi connectivity index (χ4v) is 1.75. The second-order valence-electron chi connectivity index (χ2n) is 4.09. The van der Waals surface area contributed by atoms with Crippen molar-refractivity contribution in [2.45, 2.75) is 6.61 Å². The van der Waals surface area contributed by atoms with E-state index in [2.05, 4.69) is 0 Å². The summed E-state index contributed by atoms with van der Waals surface area (Å²) in [5.74, 6) is -0.0310. The highest BCUT2D eigenvalue weighted by Gasteiger charge is 2.09. The van der Waals surface area contributed by atoms with Crippen molar-refractivity contribution < 1.29 is 13.9 Å². The van der Waals surface area contributed by atoms with Crippen molar-refractivity contribution in [3.05, 3.63) is 53.3 Å². The summed E-state index contributed by atoms with van der Waals surface area (Å²) in [5, 5.41) is 8.89. The molecule has 0 aromatic heterocycles. The first-order valence-electron chi connectivity index (χ1n) is 5.89. The number of ether oxygens (including phenoxy) is 2. The molecule has 0 saturated heterocycles. The summed E-state index contributed by atoms with van der Waals surface area (Å²) in [4.78, 5) is 0. The van der Waals surface area contributed by atoms with E-state index >= 15 is 0 Å². The van der Waals surface area contributed by atoms with E-state index in [0.29, 0.717) is 11.3 Å². The van der Waals surface area contributed by atoms with Crippen molar-refractivity contribution in [1.82, 2.24) is 0 Å². The van der Waals surface area contributed by atoms with Crippen LogP contribution in [0, 0.1) is 17.1 Å². The highest BCUT2D eigenvalue weighted by Crippen LogP contribution is 2.26. The van der Waals surface area contributed by atoms with Crippen LogP contribution in [-0.4, -0.2) is 7.11 Å². The summed E-state index contributed by atoms with van der Waals surface area (Å²) < 4.78 is 24.0. The highest BCUT2D eigenvalue weighted by atomic mass is 19.1. The van der Waals surface area contributed by atoms with Crippen LogP contribution in [0.5, 0.6) is 11.5 Å². The van der Waals surface area contributed by atoms with E-state index in [4.69, 9.17) is 20.5 Å². The van der Waals surface area contributed by atoms with Crippen molar-refractivity contribution in [3.8, 4) is 17.6 Å². The number of nitrogens with zero attached hydrogens (tertiary/aromatic N) is 1. The topological polar surface area (TPSA) is 68.3 Å². The quantitative estimate of drug-likeness (QED) is 0.869. The normalized spacial score (nSPS) is 9.85. The maximum Gasteiger partial charge on any atom is 0.178 e. The van der Waals surface area contributed by atoms with Gasteiger partial charge in [0.2, 0.25) is 0 Å². The lowest BCUT2D eigenvalue weighted by Crippen LogP contribution is -2.01. The molecule has 0 aliphatic heterocycles. The predicted molar refractivity (Wildman–Crippen MR) is 72.9 cm³/mol. The second-order valence-corrected chi connectivity index (χ2v) is 4.09. The van der Waals surface area contributed by atoms with E-state index < -0.39 is 5.82 Å². The Morgan fingerprint density at radius 2 is 2.10 bits per heavy atom. The van der Waals surface area contributed by atoms with E-state index in [9.17, 15) is 4.39 Å². The summed E-state index contributed by atoms with van der Waals surface area (Å²) in [6, 6.07) is 11.4. The molecule has 0 heterocycles. The van der Waals surface area contributed by atoms with Gasteiger partial charge in [-0.15, -0.1) is 0 Å². The molecule has 0 radical (unpaired) electrons. The number of nitriles is 1. The minimum absolute atomic E-state index is 0.0239. The third-order valence-electron chi connectivity index (χ3n) is 2.77. The van der Waals surface area contributed by atoms with Gasteiger partial charge in [-0.25, -0.2) is 4.39 Å². The van der Waals surface area contributed by atoms with Crippen LogP contribution in [-0.2, 0) is 6.61 Å². The Hall–Kier alpha value is -2.74. The third kappa shape index (κ3) is 2.81. The van der Waals surface area contributed by atoms with Gasteiger partial charge in [-0.3, -0.25) is 0 Å². The van der Waals surface area contributed by atoms with Crippen LogP contribution in [0.3, 0.4) is 0 Å². The van der Waals surface area contributed by atoms with E-state index in [1.165, 1.54) is 19.2 Å². The molecule has 0 saturated carbocycles.